The molecule has 2 amide bonds. The molecule has 1 aliphatic heterocycles. The Kier molecular flexibility index (Phi) is 4.74. The summed E-state index contributed by atoms with van der Waals surface area (Å²) in [4.78, 5) is 30.6. The van der Waals surface area contributed by atoms with Crippen molar-refractivity contribution in [1.29, 1.82) is 0 Å². The first-order valence-corrected chi connectivity index (χ1v) is 8.33. The van der Waals surface area contributed by atoms with E-state index in [4.69, 9.17) is 4.74 Å². The predicted octanol–water partition coefficient (Wildman–Crippen LogP) is 2.29. The molecule has 0 aliphatic carbocycles. The molecule has 132 valence electrons. The molecule has 1 aliphatic rings. The fourth-order valence-electron chi connectivity index (χ4n) is 2.80. The summed E-state index contributed by atoms with van der Waals surface area (Å²) in [5.74, 6) is 0.982. The number of anilines is 2. The van der Waals surface area contributed by atoms with Gasteiger partial charge in [0.1, 0.15) is 12.3 Å². The van der Waals surface area contributed by atoms with Crippen molar-refractivity contribution in [3.8, 4) is 5.75 Å². The number of benzene rings is 1. The van der Waals surface area contributed by atoms with Crippen LogP contribution in [-0.2, 0) is 16.1 Å². The van der Waals surface area contributed by atoms with Crippen LogP contribution in [0.2, 0.25) is 0 Å². The van der Waals surface area contributed by atoms with Crippen LogP contribution in [0.5, 0.6) is 5.75 Å². The molecular formula is C18H22N4O3. The van der Waals surface area contributed by atoms with E-state index >= 15 is 0 Å². The van der Waals surface area contributed by atoms with E-state index in [9.17, 15) is 9.59 Å². The van der Waals surface area contributed by atoms with Gasteiger partial charge in [-0.3, -0.25) is 19.8 Å². The highest BCUT2D eigenvalue weighted by atomic mass is 16.5. The minimum Gasteiger partial charge on any atom is -0.479 e. The molecule has 25 heavy (non-hydrogen) atoms. The molecule has 0 radical (unpaired) electrons. The highest BCUT2D eigenvalue weighted by Crippen LogP contribution is 2.33. The number of carbonyl (C=O) groups excluding carboxylic acids is 2. The normalized spacial score (nSPS) is 16.6. The number of fused-ring (bicyclic) bond motifs is 1. The van der Waals surface area contributed by atoms with E-state index in [1.165, 1.54) is 4.90 Å². The molecule has 2 heterocycles. The van der Waals surface area contributed by atoms with E-state index in [-0.39, 0.29) is 18.4 Å². The standard InChI is InChI=1S/C18H22N4O3/c1-12(2)10-21-9-8-19-18(21)20-16(23)11-22-14-6-4-5-7-15(14)25-13(3)17(22)24/h4-9,12-13H,10-11H2,1-3H3,(H,19,20,23)/t13-/m1/s1. The van der Waals surface area contributed by atoms with Crippen LogP contribution >= 0.6 is 0 Å². The van der Waals surface area contributed by atoms with E-state index < -0.39 is 6.10 Å². The molecule has 0 saturated heterocycles. The fraction of sp³-hybridized carbons (Fsp3) is 0.389. The first-order valence-electron chi connectivity index (χ1n) is 8.33. The molecule has 1 aromatic carbocycles. The van der Waals surface area contributed by atoms with Gasteiger partial charge in [0.15, 0.2) is 6.10 Å². The summed E-state index contributed by atoms with van der Waals surface area (Å²) in [5, 5.41) is 2.79. The Balaban J connectivity index is 1.75. The zero-order chi connectivity index (χ0) is 18.0. The molecule has 0 saturated carbocycles. The molecule has 7 nitrogen and oxygen atoms in total. The first kappa shape index (κ1) is 17.0. The third-order valence-electron chi connectivity index (χ3n) is 3.90. The lowest BCUT2D eigenvalue weighted by molar-refractivity contribution is -0.127. The zero-order valence-electron chi connectivity index (χ0n) is 14.6. The maximum atomic E-state index is 12.5. The van der Waals surface area contributed by atoms with Crippen molar-refractivity contribution >= 4 is 23.5 Å². The number of carbonyl (C=O) groups is 2. The molecule has 0 bridgehead atoms. The number of rotatable bonds is 5. The summed E-state index contributed by atoms with van der Waals surface area (Å²) >= 11 is 0. The molecule has 1 atom stereocenters. The number of amides is 2. The predicted molar refractivity (Wildman–Crippen MR) is 94.6 cm³/mol. The largest absolute Gasteiger partial charge is 0.479 e. The van der Waals surface area contributed by atoms with Crippen LogP contribution in [0.3, 0.4) is 0 Å². The topological polar surface area (TPSA) is 76.5 Å². The zero-order valence-corrected chi connectivity index (χ0v) is 14.6. The molecule has 1 N–H and O–H groups in total. The van der Waals surface area contributed by atoms with Gasteiger partial charge in [-0.25, -0.2) is 4.98 Å². The average molecular weight is 342 g/mol. The molecule has 2 aromatic rings. The quantitative estimate of drug-likeness (QED) is 0.904. The Bertz CT molecular complexity index is 784. The van der Waals surface area contributed by atoms with E-state index in [0.717, 1.165) is 6.54 Å². The lowest BCUT2D eigenvalue weighted by atomic mass is 10.2. The number of para-hydroxylation sites is 2. The van der Waals surface area contributed by atoms with Crippen molar-refractivity contribution in [1.82, 2.24) is 9.55 Å². The summed E-state index contributed by atoms with van der Waals surface area (Å²) in [6, 6.07) is 7.21. The van der Waals surface area contributed by atoms with Crippen LogP contribution in [0.1, 0.15) is 20.8 Å². The second-order valence-corrected chi connectivity index (χ2v) is 6.50. The molecule has 3 rings (SSSR count). The van der Waals surface area contributed by atoms with Crippen molar-refractivity contribution < 1.29 is 14.3 Å². The van der Waals surface area contributed by atoms with Crippen LogP contribution in [0.25, 0.3) is 0 Å². The van der Waals surface area contributed by atoms with Crippen molar-refractivity contribution in [2.75, 3.05) is 16.8 Å². The second kappa shape index (κ2) is 6.96. The van der Waals surface area contributed by atoms with Crippen molar-refractivity contribution in [3.63, 3.8) is 0 Å². The number of ether oxygens (including phenoxy) is 1. The first-order chi connectivity index (χ1) is 12.0. The van der Waals surface area contributed by atoms with Crippen molar-refractivity contribution in [3.05, 3.63) is 36.7 Å². The number of nitrogens with one attached hydrogen (secondary N) is 1. The average Bonchev–Trinajstić information content (AvgIpc) is 2.98. The number of nitrogens with zero attached hydrogens (tertiary/aromatic N) is 3. The van der Waals surface area contributed by atoms with Gasteiger partial charge < -0.3 is 9.30 Å². The highest BCUT2D eigenvalue weighted by molar-refractivity contribution is 6.05. The molecule has 0 unspecified atom stereocenters. The Morgan fingerprint density at radius 2 is 2.12 bits per heavy atom. The van der Waals surface area contributed by atoms with E-state index in [1.807, 2.05) is 22.9 Å². The Labute approximate surface area is 146 Å². The van der Waals surface area contributed by atoms with Crippen LogP contribution in [0, 0.1) is 5.92 Å². The number of hydrogen-bond donors (Lipinski definition) is 1. The smallest absolute Gasteiger partial charge is 0.268 e. The second-order valence-electron chi connectivity index (χ2n) is 6.50. The molecule has 1 aromatic heterocycles. The van der Waals surface area contributed by atoms with Gasteiger partial charge in [-0.15, -0.1) is 0 Å². The van der Waals surface area contributed by atoms with Gasteiger partial charge in [0.05, 0.1) is 5.69 Å². The maximum absolute atomic E-state index is 12.5. The van der Waals surface area contributed by atoms with Gasteiger partial charge in [-0.05, 0) is 25.0 Å². The number of imidazole rings is 1. The number of aromatic nitrogens is 2. The summed E-state index contributed by atoms with van der Waals surface area (Å²) in [6.45, 7) is 6.54. The van der Waals surface area contributed by atoms with Crippen molar-refractivity contribution in [2.24, 2.45) is 5.92 Å². The SMILES string of the molecule is CC(C)Cn1ccnc1NC(=O)CN1C(=O)[C@@H](C)Oc2ccccc21. The van der Waals surface area contributed by atoms with Gasteiger partial charge >= 0.3 is 0 Å². The van der Waals surface area contributed by atoms with Crippen molar-refractivity contribution in [2.45, 2.75) is 33.4 Å². The molecule has 0 spiro atoms. The summed E-state index contributed by atoms with van der Waals surface area (Å²) in [6.07, 6.45) is 2.85. The van der Waals surface area contributed by atoms with Crippen LogP contribution in [0.15, 0.2) is 36.7 Å². The van der Waals surface area contributed by atoms with Gasteiger partial charge in [-0.1, -0.05) is 26.0 Å². The van der Waals surface area contributed by atoms with Gasteiger partial charge in [-0.2, -0.15) is 0 Å². The Hall–Kier alpha value is -2.83. The monoisotopic (exact) mass is 342 g/mol. The van der Waals surface area contributed by atoms with Crippen LogP contribution < -0.4 is 15.0 Å². The minimum atomic E-state index is -0.620. The van der Waals surface area contributed by atoms with Gasteiger partial charge in [0, 0.05) is 18.9 Å². The third kappa shape index (κ3) is 3.65. The number of hydrogen-bond acceptors (Lipinski definition) is 4. The maximum Gasteiger partial charge on any atom is 0.268 e. The Morgan fingerprint density at radius 1 is 1.36 bits per heavy atom. The summed E-state index contributed by atoms with van der Waals surface area (Å²) < 4.78 is 7.47. The molecule has 0 fully saturated rings. The lowest BCUT2D eigenvalue weighted by Crippen LogP contribution is -2.47. The Morgan fingerprint density at radius 3 is 2.88 bits per heavy atom. The van der Waals surface area contributed by atoms with E-state index in [0.29, 0.717) is 23.3 Å². The van der Waals surface area contributed by atoms with Gasteiger partial charge in [0.2, 0.25) is 11.9 Å². The van der Waals surface area contributed by atoms with Gasteiger partial charge in [0.25, 0.3) is 5.91 Å². The van der Waals surface area contributed by atoms with E-state index in [1.54, 1.807) is 25.3 Å². The minimum absolute atomic E-state index is 0.0852. The molecular weight excluding hydrogens is 320 g/mol. The van der Waals surface area contributed by atoms with E-state index in [2.05, 4.69) is 24.1 Å². The fourth-order valence-corrected chi connectivity index (χ4v) is 2.80. The van der Waals surface area contributed by atoms with Crippen LogP contribution in [-0.4, -0.2) is 34.0 Å². The summed E-state index contributed by atoms with van der Waals surface area (Å²) in [5.41, 5.74) is 0.603. The van der Waals surface area contributed by atoms with Crippen LogP contribution in [0.4, 0.5) is 11.6 Å². The highest BCUT2D eigenvalue weighted by Gasteiger charge is 2.32. The molecule has 7 heteroatoms. The third-order valence-corrected chi connectivity index (χ3v) is 3.90. The lowest BCUT2D eigenvalue weighted by Gasteiger charge is -2.32. The summed E-state index contributed by atoms with van der Waals surface area (Å²) in [7, 11) is 0.